The second-order valence-corrected chi connectivity index (χ2v) is 5.32. The molecular weight excluding hydrogens is 301 g/mol. The molecule has 0 unspecified atom stereocenters. The molecule has 1 aromatic carbocycles. The van der Waals surface area contributed by atoms with Gasteiger partial charge in [0.15, 0.2) is 0 Å². The van der Waals surface area contributed by atoms with Gasteiger partial charge in [-0.25, -0.2) is 9.37 Å². The molecule has 5 heteroatoms. The normalized spacial score (nSPS) is 10.6. The summed E-state index contributed by atoms with van der Waals surface area (Å²) in [5, 5.41) is 0.490. The second kappa shape index (κ2) is 6.12. The molecule has 0 saturated carbocycles. The van der Waals surface area contributed by atoms with Gasteiger partial charge in [0.2, 0.25) is 0 Å². The van der Waals surface area contributed by atoms with Crippen molar-refractivity contribution in [3.05, 3.63) is 76.8 Å². The van der Waals surface area contributed by atoms with E-state index in [1.165, 1.54) is 18.3 Å². The van der Waals surface area contributed by atoms with Crippen LogP contribution in [0.1, 0.15) is 11.3 Å². The number of rotatable bonds is 3. The first-order chi connectivity index (χ1) is 10.6. The number of hydrogen-bond donors (Lipinski definition) is 1. The molecule has 0 aliphatic rings. The third-order valence-electron chi connectivity index (χ3n) is 3.23. The Kier molecular flexibility index (Phi) is 4.02. The van der Waals surface area contributed by atoms with Crippen molar-refractivity contribution < 1.29 is 4.39 Å². The van der Waals surface area contributed by atoms with Crippen LogP contribution in [0, 0.1) is 5.82 Å². The molecule has 0 fully saturated rings. The lowest BCUT2D eigenvalue weighted by atomic mass is 10.1. The Morgan fingerprint density at radius 2 is 1.91 bits per heavy atom. The summed E-state index contributed by atoms with van der Waals surface area (Å²) in [7, 11) is 0. The van der Waals surface area contributed by atoms with Crippen LogP contribution in [0.15, 0.2) is 54.7 Å². The predicted molar refractivity (Wildman–Crippen MR) is 86.1 cm³/mol. The number of hydrogen-bond acceptors (Lipinski definition) is 3. The lowest BCUT2D eigenvalue weighted by Crippen LogP contribution is -1.96. The second-order valence-electron chi connectivity index (χ2n) is 4.91. The van der Waals surface area contributed by atoms with Gasteiger partial charge in [0.1, 0.15) is 11.6 Å². The highest BCUT2D eigenvalue weighted by molar-refractivity contribution is 6.33. The zero-order valence-electron chi connectivity index (χ0n) is 11.6. The fourth-order valence-electron chi connectivity index (χ4n) is 2.24. The maximum atomic E-state index is 13.3. The van der Waals surface area contributed by atoms with Crippen LogP contribution in [-0.4, -0.2) is 9.97 Å². The molecule has 0 saturated heterocycles. The molecule has 22 heavy (non-hydrogen) atoms. The van der Waals surface area contributed by atoms with Crippen molar-refractivity contribution in [2.75, 3.05) is 5.73 Å². The van der Waals surface area contributed by atoms with Crippen molar-refractivity contribution in [1.82, 2.24) is 9.97 Å². The molecule has 3 nitrogen and oxygen atoms in total. The molecule has 0 amide bonds. The molecule has 2 heterocycles. The summed E-state index contributed by atoms with van der Waals surface area (Å²) in [5.41, 5.74) is 8.85. The fraction of sp³-hybridized carbons (Fsp3) is 0.0588. The number of nitrogens with zero attached hydrogens (tertiary/aromatic N) is 2. The zero-order chi connectivity index (χ0) is 15.5. The summed E-state index contributed by atoms with van der Waals surface area (Å²) < 4.78 is 13.3. The third-order valence-corrected chi connectivity index (χ3v) is 3.53. The molecule has 0 radical (unpaired) electrons. The van der Waals surface area contributed by atoms with Gasteiger partial charge in [0, 0.05) is 23.9 Å². The van der Waals surface area contributed by atoms with E-state index in [-0.39, 0.29) is 5.82 Å². The molecule has 0 atom stereocenters. The van der Waals surface area contributed by atoms with E-state index >= 15 is 0 Å². The van der Waals surface area contributed by atoms with E-state index in [1.54, 1.807) is 12.1 Å². The first-order valence-electron chi connectivity index (χ1n) is 6.73. The van der Waals surface area contributed by atoms with E-state index in [4.69, 9.17) is 17.3 Å². The summed E-state index contributed by atoms with van der Waals surface area (Å²) in [4.78, 5) is 8.52. The lowest BCUT2D eigenvalue weighted by Gasteiger charge is -2.07. The van der Waals surface area contributed by atoms with Crippen LogP contribution in [0.5, 0.6) is 0 Å². The van der Waals surface area contributed by atoms with Crippen molar-refractivity contribution >= 4 is 17.4 Å². The molecule has 3 rings (SSSR count). The molecule has 2 N–H and O–H groups in total. The number of nitrogen functional groups attached to an aromatic ring is 1. The largest absolute Gasteiger partial charge is 0.384 e. The van der Waals surface area contributed by atoms with Gasteiger partial charge in [0.25, 0.3) is 0 Å². The molecule has 0 aliphatic heterocycles. The quantitative estimate of drug-likeness (QED) is 0.791. The van der Waals surface area contributed by atoms with Crippen LogP contribution in [0.3, 0.4) is 0 Å². The van der Waals surface area contributed by atoms with Gasteiger partial charge >= 0.3 is 0 Å². The Bertz CT molecular complexity index is 821. The molecule has 0 bridgehead atoms. The van der Waals surface area contributed by atoms with E-state index in [9.17, 15) is 4.39 Å². The maximum absolute atomic E-state index is 13.3. The van der Waals surface area contributed by atoms with Crippen LogP contribution in [0.2, 0.25) is 5.02 Å². The standard InChI is InChI=1S/C17H13ClFN3/c18-15-10-21-17(20)9-14(15)16-6-2-5-13(22-16)8-11-3-1-4-12(19)7-11/h1-7,9-10H,8H2,(H2,20,21). The topological polar surface area (TPSA) is 51.8 Å². The molecular formula is C17H13ClFN3. The highest BCUT2D eigenvalue weighted by Gasteiger charge is 2.08. The summed E-state index contributed by atoms with van der Waals surface area (Å²) in [6.07, 6.45) is 2.05. The van der Waals surface area contributed by atoms with Crippen molar-refractivity contribution in [3.8, 4) is 11.3 Å². The SMILES string of the molecule is Nc1cc(-c2cccc(Cc3cccc(F)c3)n2)c(Cl)cn1. The Hall–Kier alpha value is -2.46. The first-order valence-corrected chi connectivity index (χ1v) is 7.11. The highest BCUT2D eigenvalue weighted by Crippen LogP contribution is 2.27. The van der Waals surface area contributed by atoms with Gasteiger partial charge in [-0.2, -0.15) is 0 Å². The van der Waals surface area contributed by atoms with Gasteiger partial charge in [-0.15, -0.1) is 0 Å². The van der Waals surface area contributed by atoms with Crippen LogP contribution >= 0.6 is 11.6 Å². The van der Waals surface area contributed by atoms with Gasteiger partial charge in [-0.3, -0.25) is 4.98 Å². The number of nitrogens with two attached hydrogens (primary N) is 1. The molecule has 0 aliphatic carbocycles. The molecule has 110 valence electrons. The number of benzene rings is 1. The molecule has 2 aromatic heterocycles. The minimum Gasteiger partial charge on any atom is -0.384 e. The lowest BCUT2D eigenvalue weighted by molar-refractivity contribution is 0.626. The number of anilines is 1. The smallest absolute Gasteiger partial charge is 0.124 e. The minimum absolute atomic E-state index is 0.251. The van der Waals surface area contributed by atoms with Crippen LogP contribution in [0.4, 0.5) is 10.2 Å². The van der Waals surface area contributed by atoms with E-state index in [2.05, 4.69) is 9.97 Å². The van der Waals surface area contributed by atoms with Crippen molar-refractivity contribution in [3.63, 3.8) is 0 Å². The zero-order valence-corrected chi connectivity index (χ0v) is 12.4. The fourth-order valence-corrected chi connectivity index (χ4v) is 2.44. The van der Waals surface area contributed by atoms with Crippen LogP contribution < -0.4 is 5.73 Å². The maximum Gasteiger partial charge on any atom is 0.124 e. The average molecular weight is 314 g/mol. The number of aromatic nitrogens is 2. The molecule has 3 aromatic rings. The van der Waals surface area contributed by atoms with Gasteiger partial charge in [0.05, 0.1) is 10.7 Å². The van der Waals surface area contributed by atoms with E-state index in [0.717, 1.165) is 16.8 Å². The molecule has 0 spiro atoms. The van der Waals surface area contributed by atoms with Crippen molar-refractivity contribution in [2.24, 2.45) is 0 Å². The van der Waals surface area contributed by atoms with E-state index in [0.29, 0.717) is 23.0 Å². The highest BCUT2D eigenvalue weighted by atomic mass is 35.5. The summed E-state index contributed by atoms with van der Waals surface area (Å²) in [6, 6.07) is 13.8. The average Bonchev–Trinajstić information content (AvgIpc) is 2.50. The number of pyridine rings is 2. The minimum atomic E-state index is -0.251. The Morgan fingerprint density at radius 3 is 2.73 bits per heavy atom. The van der Waals surface area contributed by atoms with Crippen molar-refractivity contribution in [1.29, 1.82) is 0 Å². The van der Waals surface area contributed by atoms with Crippen LogP contribution in [-0.2, 0) is 6.42 Å². The number of halogens is 2. The van der Waals surface area contributed by atoms with E-state index < -0.39 is 0 Å². The third kappa shape index (κ3) is 3.23. The van der Waals surface area contributed by atoms with Gasteiger partial charge in [-0.1, -0.05) is 29.8 Å². The Labute approximate surface area is 132 Å². The predicted octanol–water partition coefficient (Wildman–Crippen LogP) is 4.11. The van der Waals surface area contributed by atoms with Gasteiger partial charge < -0.3 is 5.73 Å². The Balaban J connectivity index is 1.94. The van der Waals surface area contributed by atoms with Crippen LogP contribution in [0.25, 0.3) is 11.3 Å². The van der Waals surface area contributed by atoms with Gasteiger partial charge in [-0.05, 0) is 35.9 Å². The summed E-state index contributed by atoms with van der Waals surface area (Å²) in [6.45, 7) is 0. The van der Waals surface area contributed by atoms with Crippen molar-refractivity contribution in [2.45, 2.75) is 6.42 Å². The first kappa shape index (κ1) is 14.5. The van der Waals surface area contributed by atoms with E-state index in [1.807, 2.05) is 24.3 Å². The summed E-state index contributed by atoms with van der Waals surface area (Å²) >= 11 is 6.16. The summed E-state index contributed by atoms with van der Waals surface area (Å²) in [5.74, 6) is 0.135. The monoisotopic (exact) mass is 313 g/mol. The Morgan fingerprint density at radius 1 is 1.09 bits per heavy atom.